The predicted octanol–water partition coefficient (Wildman–Crippen LogP) is 1.72. The number of anilines is 3. The Morgan fingerprint density at radius 1 is 0.833 bits per heavy atom. The molecule has 5 heteroatoms. The predicted molar refractivity (Wildman–Crippen MR) is 75.4 cm³/mol. The third-order valence-electron chi connectivity index (χ3n) is 2.34. The van der Waals surface area contributed by atoms with Crippen molar-refractivity contribution in [2.24, 2.45) is 0 Å². The first-order valence-corrected chi connectivity index (χ1v) is 5.17. The van der Waals surface area contributed by atoms with Gasteiger partial charge in [0.1, 0.15) is 0 Å². The van der Waals surface area contributed by atoms with Crippen LogP contribution < -0.4 is 16.8 Å². The SMILES string of the molecule is Nc1ccc(NC(=O)c2ccc(N)cc2)cc1.[Na]. The zero-order valence-corrected chi connectivity index (χ0v) is 12.2. The van der Waals surface area contributed by atoms with Gasteiger partial charge in [-0.3, -0.25) is 4.79 Å². The molecule has 0 aliphatic rings. The van der Waals surface area contributed by atoms with Gasteiger partial charge in [-0.25, -0.2) is 0 Å². The van der Waals surface area contributed by atoms with Gasteiger partial charge in [-0.15, -0.1) is 0 Å². The molecule has 0 saturated heterocycles. The number of nitrogen functional groups attached to an aromatic ring is 2. The van der Waals surface area contributed by atoms with Gasteiger partial charge in [0, 0.05) is 52.2 Å². The van der Waals surface area contributed by atoms with E-state index >= 15 is 0 Å². The summed E-state index contributed by atoms with van der Waals surface area (Å²) in [5.74, 6) is -0.172. The second-order valence-corrected chi connectivity index (χ2v) is 3.70. The number of carbonyl (C=O) groups is 1. The van der Waals surface area contributed by atoms with Crippen molar-refractivity contribution in [3.63, 3.8) is 0 Å². The van der Waals surface area contributed by atoms with Crippen molar-refractivity contribution in [2.75, 3.05) is 16.8 Å². The Balaban J connectivity index is 0.00000162. The molecule has 0 spiro atoms. The molecular formula is C13H13N3NaO. The largest absolute Gasteiger partial charge is 0.399 e. The number of benzene rings is 2. The van der Waals surface area contributed by atoms with Crippen LogP contribution in [0.5, 0.6) is 0 Å². The Bertz CT molecular complexity index is 523. The summed E-state index contributed by atoms with van der Waals surface area (Å²) in [6.45, 7) is 0. The van der Waals surface area contributed by atoms with Gasteiger partial charge in [0.2, 0.25) is 0 Å². The Morgan fingerprint density at radius 3 is 1.78 bits per heavy atom. The van der Waals surface area contributed by atoms with E-state index in [1.54, 1.807) is 48.5 Å². The van der Waals surface area contributed by atoms with Gasteiger partial charge < -0.3 is 16.8 Å². The van der Waals surface area contributed by atoms with Crippen molar-refractivity contribution >= 4 is 52.5 Å². The molecule has 5 N–H and O–H groups in total. The van der Waals surface area contributed by atoms with Crippen LogP contribution in [0.3, 0.4) is 0 Å². The molecule has 0 atom stereocenters. The standard InChI is InChI=1S/C13H13N3O.Na/c14-10-3-1-9(2-4-10)13(17)16-12-7-5-11(15)6-8-12;/h1-8H,14-15H2,(H,16,17);. The zero-order valence-electron chi connectivity index (χ0n) is 10.2. The zero-order chi connectivity index (χ0) is 12.3. The summed E-state index contributed by atoms with van der Waals surface area (Å²) in [6, 6.07) is 13.7. The Labute approximate surface area is 128 Å². The minimum absolute atomic E-state index is 0. The molecular weight excluding hydrogens is 237 g/mol. The minimum Gasteiger partial charge on any atom is -0.399 e. The van der Waals surface area contributed by atoms with E-state index in [2.05, 4.69) is 5.32 Å². The molecule has 0 aromatic heterocycles. The number of rotatable bonds is 2. The van der Waals surface area contributed by atoms with E-state index in [0.29, 0.717) is 22.6 Å². The van der Waals surface area contributed by atoms with E-state index in [9.17, 15) is 4.79 Å². The van der Waals surface area contributed by atoms with Gasteiger partial charge in [-0.05, 0) is 48.5 Å². The molecule has 87 valence electrons. The molecule has 0 heterocycles. The molecule has 1 radical (unpaired) electrons. The number of carbonyl (C=O) groups excluding carboxylic acids is 1. The second-order valence-electron chi connectivity index (χ2n) is 3.70. The van der Waals surface area contributed by atoms with Gasteiger partial charge in [0.05, 0.1) is 0 Å². The van der Waals surface area contributed by atoms with E-state index in [-0.39, 0.29) is 35.5 Å². The van der Waals surface area contributed by atoms with Crippen LogP contribution >= 0.6 is 0 Å². The fourth-order valence-corrected chi connectivity index (χ4v) is 1.40. The van der Waals surface area contributed by atoms with E-state index in [4.69, 9.17) is 11.5 Å². The summed E-state index contributed by atoms with van der Waals surface area (Å²) in [7, 11) is 0. The molecule has 2 aromatic rings. The van der Waals surface area contributed by atoms with Crippen molar-refractivity contribution in [2.45, 2.75) is 0 Å². The van der Waals surface area contributed by atoms with Crippen LogP contribution in [-0.2, 0) is 0 Å². The number of amides is 1. The third kappa shape index (κ3) is 3.77. The van der Waals surface area contributed by atoms with Crippen LogP contribution in [0.25, 0.3) is 0 Å². The summed E-state index contributed by atoms with van der Waals surface area (Å²) in [5, 5.41) is 2.77. The second kappa shape index (κ2) is 6.44. The van der Waals surface area contributed by atoms with E-state index in [1.165, 1.54) is 0 Å². The van der Waals surface area contributed by atoms with Gasteiger partial charge in [-0.1, -0.05) is 0 Å². The quantitative estimate of drug-likeness (QED) is 0.560. The minimum atomic E-state index is -0.172. The Morgan fingerprint density at radius 2 is 1.28 bits per heavy atom. The van der Waals surface area contributed by atoms with Crippen molar-refractivity contribution in [3.05, 3.63) is 54.1 Å². The Kier molecular flexibility index (Phi) is 5.22. The Hall–Kier alpha value is -1.49. The van der Waals surface area contributed by atoms with Crippen molar-refractivity contribution < 1.29 is 4.79 Å². The normalized spacial score (nSPS) is 9.33. The van der Waals surface area contributed by atoms with Crippen molar-refractivity contribution in [3.8, 4) is 0 Å². The summed E-state index contributed by atoms with van der Waals surface area (Å²) >= 11 is 0. The maximum Gasteiger partial charge on any atom is 0.255 e. The van der Waals surface area contributed by atoms with Gasteiger partial charge in [0.25, 0.3) is 5.91 Å². The number of nitrogens with two attached hydrogens (primary N) is 2. The van der Waals surface area contributed by atoms with Gasteiger partial charge >= 0.3 is 0 Å². The van der Waals surface area contributed by atoms with Crippen LogP contribution in [0.4, 0.5) is 17.1 Å². The molecule has 0 aliphatic heterocycles. The summed E-state index contributed by atoms with van der Waals surface area (Å²) in [5.41, 5.74) is 13.7. The molecule has 0 aliphatic carbocycles. The van der Waals surface area contributed by atoms with Crippen LogP contribution in [0, 0.1) is 0 Å². The first kappa shape index (κ1) is 14.6. The number of hydrogen-bond donors (Lipinski definition) is 3. The van der Waals surface area contributed by atoms with Crippen molar-refractivity contribution in [1.82, 2.24) is 0 Å². The molecule has 0 bridgehead atoms. The molecule has 0 fully saturated rings. The molecule has 2 rings (SSSR count). The van der Waals surface area contributed by atoms with E-state index in [1.807, 2.05) is 0 Å². The summed E-state index contributed by atoms with van der Waals surface area (Å²) in [4.78, 5) is 11.8. The maximum atomic E-state index is 11.8. The number of nitrogens with one attached hydrogen (secondary N) is 1. The first-order valence-electron chi connectivity index (χ1n) is 5.17. The first-order chi connectivity index (χ1) is 8.15. The maximum absolute atomic E-state index is 11.8. The van der Waals surface area contributed by atoms with E-state index < -0.39 is 0 Å². The molecule has 18 heavy (non-hydrogen) atoms. The smallest absolute Gasteiger partial charge is 0.255 e. The summed E-state index contributed by atoms with van der Waals surface area (Å²) < 4.78 is 0. The number of hydrogen-bond acceptors (Lipinski definition) is 3. The van der Waals surface area contributed by atoms with Crippen LogP contribution in [-0.4, -0.2) is 35.5 Å². The molecule has 1 amide bonds. The molecule has 0 saturated carbocycles. The average Bonchev–Trinajstić information content (AvgIpc) is 2.33. The van der Waals surface area contributed by atoms with Crippen LogP contribution in [0.1, 0.15) is 10.4 Å². The van der Waals surface area contributed by atoms with Gasteiger partial charge in [0.15, 0.2) is 0 Å². The topological polar surface area (TPSA) is 81.1 Å². The van der Waals surface area contributed by atoms with E-state index in [0.717, 1.165) is 0 Å². The monoisotopic (exact) mass is 250 g/mol. The molecule has 0 unspecified atom stereocenters. The van der Waals surface area contributed by atoms with Crippen LogP contribution in [0.2, 0.25) is 0 Å². The molecule has 2 aromatic carbocycles. The third-order valence-corrected chi connectivity index (χ3v) is 2.34. The van der Waals surface area contributed by atoms with Gasteiger partial charge in [-0.2, -0.15) is 0 Å². The van der Waals surface area contributed by atoms with Crippen molar-refractivity contribution in [1.29, 1.82) is 0 Å². The summed E-state index contributed by atoms with van der Waals surface area (Å²) in [6.07, 6.45) is 0. The molecule has 4 nitrogen and oxygen atoms in total. The van der Waals surface area contributed by atoms with Crippen LogP contribution in [0.15, 0.2) is 48.5 Å². The fraction of sp³-hybridized carbons (Fsp3) is 0. The average molecular weight is 250 g/mol. The fourth-order valence-electron chi connectivity index (χ4n) is 1.40.